The van der Waals surface area contributed by atoms with Crippen LogP contribution in [0.25, 0.3) is 0 Å². The number of carbonyl (C=O) groups excluding carboxylic acids is 1. The smallest absolute Gasteiger partial charge is 0.389 e. The van der Waals surface area contributed by atoms with Crippen molar-refractivity contribution >= 4 is 12.2 Å². The second kappa shape index (κ2) is 7.02. The van der Waals surface area contributed by atoms with E-state index in [9.17, 15) is 36.2 Å². The molecule has 29 heavy (non-hydrogen) atoms. The SMILES string of the molecule is CC1(c2cc(C(F)(F)F)cc(C(F)(F)F)c2)N=CN(/C=C\C(=O)N2CC(O)C2)N1. The highest BCUT2D eigenvalue weighted by atomic mass is 19.4. The molecule has 6 nitrogen and oxygen atoms in total. The topological polar surface area (TPSA) is 68.2 Å². The number of halogens is 6. The van der Waals surface area contributed by atoms with Crippen LogP contribution in [0.15, 0.2) is 35.5 Å². The van der Waals surface area contributed by atoms with Crippen LogP contribution in [0.2, 0.25) is 0 Å². The molecular formula is C17H16F6N4O2. The van der Waals surface area contributed by atoms with Crippen LogP contribution in [0.3, 0.4) is 0 Å². The van der Waals surface area contributed by atoms with Gasteiger partial charge in [0, 0.05) is 25.4 Å². The maximum absolute atomic E-state index is 13.1. The zero-order valence-corrected chi connectivity index (χ0v) is 14.9. The molecule has 3 rings (SSSR count). The number of carbonyl (C=O) groups is 1. The van der Waals surface area contributed by atoms with Crippen LogP contribution in [-0.4, -0.2) is 46.5 Å². The van der Waals surface area contributed by atoms with Crippen LogP contribution in [0.5, 0.6) is 0 Å². The second-order valence-corrected chi connectivity index (χ2v) is 6.84. The van der Waals surface area contributed by atoms with Gasteiger partial charge < -0.3 is 10.0 Å². The van der Waals surface area contributed by atoms with Gasteiger partial charge in [0.15, 0.2) is 5.66 Å². The molecule has 158 valence electrons. The predicted molar refractivity (Wildman–Crippen MR) is 89.0 cm³/mol. The Morgan fingerprint density at radius 3 is 2.21 bits per heavy atom. The maximum Gasteiger partial charge on any atom is 0.416 e. The van der Waals surface area contributed by atoms with Crippen molar-refractivity contribution in [1.29, 1.82) is 0 Å². The van der Waals surface area contributed by atoms with Crippen LogP contribution in [0.4, 0.5) is 26.3 Å². The monoisotopic (exact) mass is 422 g/mol. The molecule has 0 aromatic heterocycles. The number of alkyl halides is 6. The Morgan fingerprint density at radius 2 is 1.72 bits per heavy atom. The number of benzene rings is 1. The Hall–Kier alpha value is -2.60. The first-order valence-corrected chi connectivity index (χ1v) is 8.34. The Morgan fingerprint density at radius 1 is 1.17 bits per heavy atom. The molecule has 1 aromatic carbocycles. The summed E-state index contributed by atoms with van der Waals surface area (Å²) in [6.07, 6.45) is -7.00. The van der Waals surface area contributed by atoms with E-state index in [-0.39, 0.29) is 24.7 Å². The van der Waals surface area contributed by atoms with Gasteiger partial charge in [0.05, 0.1) is 17.2 Å². The van der Waals surface area contributed by atoms with E-state index < -0.39 is 41.2 Å². The normalized spacial score (nSPS) is 23.2. The van der Waals surface area contributed by atoms with Gasteiger partial charge in [-0.3, -0.25) is 9.80 Å². The summed E-state index contributed by atoms with van der Waals surface area (Å²) in [6.45, 7) is 1.68. The largest absolute Gasteiger partial charge is 0.416 e. The van der Waals surface area contributed by atoms with Crippen molar-refractivity contribution in [3.8, 4) is 0 Å². The van der Waals surface area contributed by atoms with Gasteiger partial charge in [0.1, 0.15) is 6.34 Å². The molecule has 1 atom stereocenters. The van der Waals surface area contributed by atoms with Crippen molar-refractivity contribution < 1.29 is 36.2 Å². The van der Waals surface area contributed by atoms with E-state index in [2.05, 4.69) is 10.4 Å². The number of hydrogen-bond acceptors (Lipinski definition) is 5. The van der Waals surface area contributed by atoms with E-state index >= 15 is 0 Å². The van der Waals surface area contributed by atoms with E-state index in [1.54, 1.807) is 0 Å². The Balaban J connectivity index is 1.81. The van der Waals surface area contributed by atoms with Crippen LogP contribution in [0, 0.1) is 0 Å². The third kappa shape index (κ3) is 4.53. The summed E-state index contributed by atoms with van der Waals surface area (Å²) in [7, 11) is 0. The quantitative estimate of drug-likeness (QED) is 0.580. The average molecular weight is 422 g/mol. The number of hydrogen-bond donors (Lipinski definition) is 2. The van der Waals surface area contributed by atoms with Gasteiger partial charge in [-0.1, -0.05) is 0 Å². The van der Waals surface area contributed by atoms with Gasteiger partial charge in [-0.2, -0.15) is 31.8 Å². The number of nitrogens with one attached hydrogen (secondary N) is 1. The lowest BCUT2D eigenvalue weighted by molar-refractivity contribution is -0.143. The third-order valence-electron chi connectivity index (χ3n) is 4.49. The minimum absolute atomic E-state index is 0.0450. The van der Waals surface area contributed by atoms with E-state index in [4.69, 9.17) is 0 Å². The van der Waals surface area contributed by atoms with Gasteiger partial charge in [-0.15, -0.1) is 0 Å². The molecule has 2 heterocycles. The Bertz CT molecular complexity index is 828. The molecule has 0 aliphatic carbocycles. The van der Waals surface area contributed by atoms with Gasteiger partial charge in [-0.05, 0) is 30.7 Å². The minimum Gasteiger partial charge on any atom is -0.389 e. The van der Waals surface area contributed by atoms with Crippen LogP contribution in [-0.2, 0) is 22.8 Å². The number of aliphatic imine (C=N–C) groups is 1. The van der Waals surface area contributed by atoms with Gasteiger partial charge in [0.25, 0.3) is 0 Å². The maximum atomic E-state index is 13.1. The molecule has 0 bridgehead atoms. The average Bonchev–Trinajstić information content (AvgIpc) is 2.97. The number of amides is 1. The number of nitrogens with zero attached hydrogens (tertiary/aromatic N) is 3. The molecule has 2 aliphatic heterocycles. The Kier molecular flexibility index (Phi) is 5.11. The molecule has 1 aromatic rings. The fourth-order valence-electron chi connectivity index (χ4n) is 2.82. The molecule has 12 heteroatoms. The van der Waals surface area contributed by atoms with E-state index in [1.165, 1.54) is 18.0 Å². The van der Waals surface area contributed by atoms with Crippen molar-refractivity contribution in [3.63, 3.8) is 0 Å². The second-order valence-electron chi connectivity index (χ2n) is 6.84. The lowest BCUT2D eigenvalue weighted by atomic mass is 9.96. The molecule has 0 radical (unpaired) electrons. The fourth-order valence-corrected chi connectivity index (χ4v) is 2.82. The third-order valence-corrected chi connectivity index (χ3v) is 4.49. The summed E-state index contributed by atoms with van der Waals surface area (Å²) in [6, 6.07) is 1.24. The van der Waals surface area contributed by atoms with E-state index in [0.717, 1.165) is 17.4 Å². The van der Waals surface area contributed by atoms with Gasteiger partial charge >= 0.3 is 12.4 Å². The first kappa shape index (κ1) is 21.1. The molecule has 2 N–H and O–H groups in total. The van der Waals surface area contributed by atoms with Crippen molar-refractivity contribution in [2.24, 2.45) is 4.99 Å². The molecule has 0 spiro atoms. The summed E-state index contributed by atoms with van der Waals surface area (Å²) in [5.74, 6) is -0.405. The van der Waals surface area contributed by atoms with Crippen molar-refractivity contribution in [2.75, 3.05) is 13.1 Å². The number of aliphatic hydroxyl groups excluding tert-OH is 1. The van der Waals surface area contributed by atoms with Crippen molar-refractivity contribution in [2.45, 2.75) is 31.0 Å². The van der Waals surface area contributed by atoms with E-state index in [0.29, 0.717) is 12.1 Å². The fraction of sp³-hybridized carbons (Fsp3) is 0.412. The van der Waals surface area contributed by atoms with Crippen molar-refractivity contribution in [3.05, 3.63) is 47.2 Å². The van der Waals surface area contributed by atoms with Gasteiger partial charge in [0.2, 0.25) is 5.91 Å². The highest BCUT2D eigenvalue weighted by molar-refractivity contribution is 5.88. The zero-order chi connectivity index (χ0) is 21.6. The lowest BCUT2D eigenvalue weighted by Crippen LogP contribution is -2.53. The summed E-state index contributed by atoms with van der Waals surface area (Å²) < 4.78 is 78.4. The van der Waals surface area contributed by atoms with Crippen LogP contribution in [0.1, 0.15) is 23.6 Å². The van der Waals surface area contributed by atoms with Crippen molar-refractivity contribution in [1.82, 2.24) is 15.3 Å². The standard InChI is InChI=1S/C17H16F6N4O2/c1-15(10-4-11(16(18,19)20)6-12(5-10)17(21,22)23)24-9-27(25-15)3-2-14(29)26-7-13(28)8-26/h2-6,9,13,25,28H,7-8H2,1H3/b3-2-. The number of rotatable bonds is 3. The molecular weight excluding hydrogens is 406 g/mol. The first-order valence-electron chi connectivity index (χ1n) is 8.34. The molecule has 0 saturated carbocycles. The number of β-amino-alcohol motifs (C(OH)–C–C–N with tert-alkyl or cyclic N) is 1. The van der Waals surface area contributed by atoms with E-state index in [1.807, 2.05) is 0 Å². The lowest BCUT2D eigenvalue weighted by Gasteiger charge is -2.35. The summed E-state index contributed by atoms with van der Waals surface area (Å²) in [5.41, 5.74) is -2.19. The highest BCUT2D eigenvalue weighted by Gasteiger charge is 2.40. The first-order chi connectivity index (χ1) is 13.3. The summed E-state index contributed by atoms with van der Waals surface area (Å²) >= 11 is 0. The minimum atomic E-state index is -4.97. The van der Waals surface area contributed by atoms with Crippen LogP contribution < -0.4 is 5.43 Å². The Labute approximate surface area is 161 Å². The molecule has 1 amide bonds. The molecule has 2 aliphatic rings. The number of hydrazine groups is 1. The zero-order valence-electron chi connectivity index (χ0n) is 14.9. The number of aliphatic hydroxyl groups is 1. The van der Waals surface area contributed by atoms with Gasteiger partial charge in [-0.25, -0.2) is 4.99 Å². The molecule has 1 saturated heterocycles. The molecule has 1 unspecified atom stereocenters. The summed E-state index contributed by atoms with van der Waals surface area (Å²) in [4.78, 5) is 17.2. The highest BCUT2D eigenvalue weighted by Crippen LogP contribution is 2.39. The predicted octanol–water partition coefficient (Wildman–Crippen LogP) is 2.46. The summed E-state index contributed by atoms with van der Waals surface area (Å²) in [5, 5.41) is 10.3. The number of likely N-dealkylation sites (tertiary alicyclic amines) is 1. The van der Waals surface area contributed by atoms with Crippen LogP contribution >= 0.6 is 0 Å². The molecule has 1 fully saturated rings.